The van der Waals surface area contributed by atoms with Crippen LogP contribution in [0.5, 0.6) is 5.75 Å². The molecule has 1 saturated carbocycles. The summed E-state index contributed by atoms with van der Waals surface area (Å²) in [7, 11) is 1.66. The van der Waals surface area contributed by atoms with Gasteiger partial charge in [0.1, 0.15) is 5.75 Å². The number of benzene rings is 2. The minimum atomic E-state index is -0.274. The first-order chi connectivity index (χ1) is 17.5. The zero-order valence-electron chi connectivity index (χ0n) is 21.0. The van der Waals surface area contributed by atoms with Gasteiger partial charge in [-0.1, -0.05) is 41.9 Å². The van der Waals surface area contributed by atoms with Crippen molar-refractivity contribution in [1.29, 1.82) is 0 Å². The second-order valence-corrected chi connectivity index (χ2v) is 10.1. The Morgan fingerprint density at radius 2 is 1.86 bits per heavy atom. The summed E-state index contributed by atoms with van der Waals surface area (Å²) < 4.78 is 10.9. The van der Waals surface area contributed by atoms with Gasteiger partial charge in [0.25, 0.3) is 0 Å². The van der Waals surface area contributed by atoms with Crippen molar-refractivity contribution in [1.82, 2.24) is 10.6 Å². The maximum absolute atomic E-state index is 13.8. The van der Waals surface area contributed by atoms with Crippen molar-refractivity contribution < 1.29 is 19.1 Å². The average molecular weight is 514 g/mol. The van der Waals surface area contributed by atoms with Crippen LogP contribution in [0.3, 0.4) is 0 Å². The van der Waals surface area contributed by atoms with E-state index in [1.165, 1.54) is 0 Å². The zero-order chi connectivity index (χ0) is 25.5. The Labute approximate surface area is 218 Å². The molecule has 3 atom stereocenters. The van der Waals surface area contributed by atoms with Gasteiger partial charge < -0.3 is 25.0 Å². The summed E-state index contributed by atoms with van der Waals surface area (Å²) in [6.45, 7) is 4.21. The molecule has 0 unspecified atom stereocenters. The molecule has 1 heterocycles. The van der Waals surface area contributed by atoms with Crippen LogP contribution in [0.25, 0.3) is 0 Å². The first-order valence-corrected chi connectivity index (χ1v) is 13.2. The number of nitrogens with zero attached hydrogens (tertiary/aromatic N) is 1. The Bertz CT molecular complexity index is 1030. The number of piperidine rings is 1. The molecule has 36 heavy (non-hydrogen) atoms. The molecule has 2 fully saturated rings. The van der Waals surface area contributed by atoms with Crippen LogP contribution in [0.4, 0.5) is 5.69 Å². The normalized spacial score (nSPS) is 20.4. The summed E-state index contributed by atoms with van der Waals surface area (Å²) in [5.74, 6) is 0.0603. The Hall–Kier alpha value is -2.61. The predicted molar refractivity (Wildman–Crippen MR) is 141 cm³/mol. The second kappa shape index (κ2) is 12.6. The van der Waals surface area contributed by atoms with Crippen molar-refractivity contribution in [2.75, 3.05) is 38.3 Å². The van der Waals surface area contributed by atoms with Crippen LogP contribution in [0, 0.1) is 11.8 Å². The fourth-order valence-electron chi connectivity index (χ4n) is 4.67. The highest BCUT2D eigenvalue weighted by atomic mass is 35.5. The van der Waals surface area contributed by atoms with Gasteiger partial charge in [-0.25, -0.2) is 0 Å². The Morgan fingerprint density at radius 3 is 2.58 bits per heavy atom. The van der Waals surface area contributed by atoms with Crippen molar-refractivity contribution >= 4 is 29.1 Å². The number of halogens is 1. The van der Waals surface area contributed by atoms with Crippen molar-refractivity contribution in [3.8, 4) is 5.75 Å². The molecule has 4 rings (SSSR count). The lowest BCUT2D eigenvalue weighted by molar-refractivity contribution is -0.128. The summed E-state index contributed by atoms with van der Waals surface area (Å²) in [6, 6.07) is 15.5. The number of nitrogens with one attached hydrogen (secondary N) is 2. The van der Waals surface area contributed by atoms with E-state index in [-0.39, 0.29) is 35.7 Å². The summed E-state index contributed by atoms with van der Waals surface area (Å²) in [5, 5.41) is 6.96. The third kappa shape index (κ3) is 6.78. The molecule has 2 aromatic rings. The van der Waals surface area contributed by atoms with Gasteiger partial charge in [-0.3, -0.25) is 9.59 Å². The Morgan fingerprint density at radius 1 is 1.11 bits per heavy atom. The number of methoxy groups -OCH3 is 1. The van der Waals surface area contributed by atoms with Crippen LogP contribution < -0.4 is 20.3 Å². The molecule has 0 spiro atoms. The second-order valence-electron chi connectivity index (χ2n) is 9.68. The number of amides is 2. The smallest absolute Gasteiger partial charge is 0.231 e. The van der Waals surface area contributed by atoms with Crippen LogP contribution in [0.1, 0.15) is 44.2 Å². The van der Waals surface area contributed by atoms with Gasteiger partial charge in [-0.15, -0.1) is 0 Å². The Kier molecular flexibility index (Phi) is 9.24. The first kappa shape index (κ1) is 26.5. The van der Waals surface area contributed by atoms with E-state index < -0.39 is 0 Å². The number of hydrogen-bond donors (Lipinski definition) is 2. The number of anilines is 1. The third-order valence-corrected chi connectivity index (χ3v) is 7.13. The van der Waals surface area contributed by atoms with Gasteiger partial charge in [0.15, 0.2) is 0 Å². The van der Waals surface area contributed by atoms with E-state index in [0.29, 0.717) is 43.5 Å². The molecule has 194 valence electrons. The molecule has 0 aromatic heterocycles. The molecular weight excluding hydrogens is 478 g/mol. The summed E-state index contributed by atoms with van der Waals surface area (Å²) in [4.78, 5) is 28.7. The highest BCUT2D eigenvalue weighted by Crippen LogP contribution is 2.38. The molecule has 8 heteroatoms. The molecule has 2 aliphatic rings. The number of ether oxygens (including phenoxy) is 2. The van der Waals surface area contributed by atoms with E-state index in [9.17, 15) is 9.59 Å². The molecule has 1 saturated heterocycles. The van der Waals surface area contributed by atoms with Crippen LogP contribution in [0.2, 0.25) is 5.02 Å². The highest BCUT2D eigenvalue weighted by molar-refractivity contribution is 6.32. The van der Waals surface area contributed by atoms with Crippen LogP contribution in [-0.4, -0.2) is 51.3 Å². The number of rotatable bonds is 11. The van der Waals surface area contributed by atoms with Gasteiger partial charge in [0.2, 0.25) is 11.8 Å². The SMILES string of the molecule is COCCCOc1cc(N(C(=O)[C@H]2CNC[C@@H](C(=O)N[C@H](C)c3ccccc3)C2)C2CC2)ccc1Cl. The van der Waals surface area contributed by atoms with E-state index in [4.69, 9.17) is 21.1 Å². The van der Waals surface area contributed by atoms with E-state index in [1.54, 1.807) is 13.2 Å². The van der Waals surface area contributed by atoms with Gasteiger partial charge >= 0.3 is 0 Å². The van der Waals surface area contributed by atoms with Crippen LogP contribution in [0.15, 0.2) is 48.5 Å². The van der Waals surface area contributed by atoms with Gasteiger partial charge in [-0.2, -0.15) is 0 Å². The zero-order valence-corrected chi connectivity index (χ0v) is 21.8. The molecule has 0 bridgehead atoms. The fraction of sp³-hybridized carbons (Fsp3) is 0.500. The number of carbonyl (C=O) groups excluding carboxylic acids is 2. The van der Waals surface area contributed by atoms with Gasteiger partial charge in [0, 0.05) is 51.0 Å². The third-order valence-electron chi connectivity index (χ3n) is 6.82. The predicted octanol–water partition coefficient (Wildman–Crippen LogP) is 4.35. The van der Waals surface area contributed by atoms with Gasteiger partial charge in [0.05, 0.1) is 29.5 Å². The topological polar surface area (TPSA) is 79.9 Å². The maximum Gasteiger partial charge on any atom is 0.231 e. The highest BCUT2D eigenvalue weighted by Gasteiger charge is 2.40. The summed E-state index contributed by atoms with van der Waals surface area (Å²) in [5.41, 5.74) is 1.85. The lowest BCUT2D eigenvalue weighted by atomic mass is 9.88. The molecule has 1 aliphatic carbocycles. The maximum atomic E-state index is 13.8. The minimum absolute atomic E-state index is 0.0208. The first-order valence-electron chi connectivity index (χ1n) is 12.8. The molecule has 2 N–H and O–H groups in total. The molecule has 1 aliphatic heterocycles. The largest absolute Gasteiger partial charge is 0.492 e. The standard InChI is InChI=1S/C28H36ClN3O4/c1-19(20-7-4-3-5-8-20)31-27(33)21-15-22(18-30-17-21)28(34)32(23-9-10-23)24-11-12-25(29)26(16-24)36-14-6-13-35-2/h3-5,7-8,11-12,16,19,21-23,30H,6,9-10,13-15,17-18H2,1-2H3,(H,31,33)/t19-,21+,22-/m1/s1. The minimum Gasteiger partial charge on any atom is -0.492 e. The molecule has 2 amide bonds. The van der Waals surface area contributed by atoms with Crippen molar-refractivity contribution in [2.24, 2.45) is 11.8 Å². The molecule has 7 nitrogen and oxygen atoms in total. The summed E-state index contributed by atoms with van der Waals surface area (Å²) >= 11 is 6.36. The number of hydrogen-bond acceptors (Lipinski definition) is 5. The Balaban J connectivity index is 1.42. The molecule has 0 radical (unpaired) electrons. The van der Waals surface area contributed by atoms with Crippen molar-refractivity contribution in [2.45, 2.75) is 44.7 Å². The molecular formula is C28H36ClN3O4. The quantitative estimate of drug-likeness (QED) is 0.437. The van der Waals surface area contributed by atoms with E-state index in [2.05, 4.69) is 10.6 Å². The van der Waals surface area contributed by atoms with Crippen LogP contribution >= 0.6 is 11.6 Å². The van der Waals surface area contributed by atoms with E-state index in [0.717, 1.165) is 30.5 Å². The van der Waals surface area contributed by atoms with E-state index >= 15 is 0 Å². The van der Waals surface area contributed by atoms with E-state index in [1.807, 2.05) is 54.3 Å². The summed E-state index contributed by atoms with van der Waals surface area (Å²) in [6.07, 6.45) is 3.22. The lowest BCUT2D eigenvalue weighted by Crippen LogP contribution is -2.50. The van der Waals surface area contributed by atoms with Gasteiger partial charge in [-0.05, 0) is 43.9 Å². The van der Waals surface area contributed by atoms with Crippen molar-refractivity contribution in [3.63, 3.8) is 0 Å². The van der Waals surface area contributed by atoms with Crippen molar-refractivity contribution in [3.05, 3.63) is 59.1 Å². The monoisotopic (exact) mass is 513 g/mol. The lowest BCUT2D eigenvalue weighted by Gasteiger charge is -2.33. The molecule has 2 aromatic carbocycles. The fourth-order valence-corrected chi connectivity index (χ4v) is 4.84. The van der Waals surface area contributed by atoms with Crippen LogP contribution in [-0.2, 0) is 14.3 Å². The number of carbonyl (C=O) groups is 2. The average Bonchev–Trinajstić information content (AvgIpc) is 3.74.